The Bertz CT molecular complexity index is 768. The van der Waals surface area contributed by atoms with Crippen molar-refractivity contribution in [3.05, 3.63) is 102 Å². The quantitative estimate of drug-likeness (QED) is 0.416. The van der Waals surface area contributed by atoms with Gasteiger partial charge in [0.25, 0.3) is 0 Å². The van der Waals surface area contributed by atoms with Crippen LogP contribution in [-0.2, 0) is 12.8 Å². The van der Waals surface area contributed by atoms with E-state index in [4.69, 9.17) is 9.84 Å². The van der Waals surface area contributed by atoms with Crippen LogP contribution in [-0.4, -0.2) is 24.6 Å². The van der Waals surface area contributed by atoms with Gasteiger partial charge in [-0.1, -0.05) is 60.7 Å². The molecule has 28 heavy (non-hydrogen) atoms. The number of rotatable bonds is 9. The maximum Gasteiger partial charge on any atom is 0.150 e. The van der Waals surface area contributed by atoms with E-state index in [0.717, 1.165) is 37.7 Å². The van der Waals surface area contributed by atoms with Gasteiger partial charge in [-0.3, -0.25) is 4.79 Å². The van der Waals surface area contributed by atoms with Crippen LogP contribution in [0.4, 0.5) is 0 Å². The molecule has 0 aliphatic rings. The van der Waals surface area contributed by atoms with E-state index in [1.54, 1.807) is 12.1 Å². The summed E-state index contributed by atoms with van der Waals surface area (Å²) in [5, 5.41) is 8.53. The molecule has 3 rings (SSSR count). The molecule has 1 N–H and O–H groups in total. The van der Waals surface area contributed by atoms with E-state index in [1.165, 1.54) is 11.1 Å². The molecular weight excluding hydrogens is 348 g/mol. The van der Waals surface area contributed by atoms with Crippen molar-refractivity contribution < 1.29 is 14.6 Å². The van der Waals surface area contributed by atoms with Crippen molar-refractivity contribution in [3.8, 4) is 5.75 Å². The molecule has 0 unspecified atom stereocenters. The lowest BCUT2D eigenvalue weighted by Crippen LogP contribution is -1.99. The largest absolute Gasteiger partial charge is 0.494 e. The van der Waals surface area contributed by atoms with Crippen LogP contribution in [0.2, 0.25) is 0 Å². The predicted molar refractivity (Wildman–Crippen MR) is 114 cm³/mol. The second kappa shape index (κ2) is 13.3. The molecule has 0 radical (unpaired) electrons. The molecule has 0 amide bonds. The minimum Gasteiger partial charge on any atom is -0.494 e. The summed E-state index contributed by atoms with van der Waals surface area (Å²) in [5.74, 6) is 0.814. The van der Waals surface area contributed by atoms with Crippen molar-refractivity contribution in [2.75, 3.05) is 13.2 Å². The molecule has 146 valence electrons. The lowest BCUT2D eigenvalue weighted by Gasteiger charge is -2.06. The Labute approximate surface area is 167 Å². The Kier molecular flexibility index (Phi) is 10.2. The average Bonchev–Trinajstić information content (AvgIpc) is 2.77. The minimum absolute atomic E-state index is 0.287. The number of carbonyl (C=O) groups excluding carboxylic acids is 1. The number of aryl methyl sites for hydroxylation is 2. The third-order valence-electron chi connectivity index (χ3n) is 4.20. The van der Waals surface area contributed by atoms with Gasteiger partial charge in [0.15, 0.2) is 0 Å². The first kappa shape index (κ1) is 21.4. The van der Waals surface area contributed by atoms with Crippen molar-refractivity contribution in [1.29, 1.82) is 0 Å². The van der Waals surface area contributed by atoms with Crippen LogP contribution in [0.15, 0.2) is 84.9 Å². The molecule has 0 fully saturated rings. The van der Waals surface area contributed by atoms with Crippen LogP contribution in [0.1, 0.15) is 34.3 Å². The van der Waals surface area contributed by atoms with E-state index >= 15 is 0 Å². The van der Waals surface area contributed by atoms with Gasteiger partial charge in [-0.25, -0.2) is 0 Å². The van der Waals surface area contributed by atoms with E-state index in [1.807, 2.05) is 48.5 Å². The van der Waals surface area contributed by atoms with Gasteiger partial charge in [-0.15, -0.1) is 0 Å². The number of aldehydes is 1. The molecule has 3 aromatic carbocycles. The fourth-order valence-corrected chi connectivity index (χ4v) is 2.68. The van der Waals surface area contributed by atoms with Crippen LogP contribution in [0.25, 0.3) is 0 Å². The first-order chi connectivity index (χ1) is 13.8. The number of benzene rings is 3. The average molecular weight is 376 g/mol. The standard InChI is InChI=1S/C16H16O2.C9H12O/c17-13-15-8-10-16(11-9-15)18-12-4-7-14-5-2-1-3-6-14;10-8-4-7-9-5-2-1-3-6-9/h1-3,5-6,8-11,13H,4,7,12H2;1-3,5-6,10H,4,7-8H2. The molecule has 3 aromatic rings. The third kappa shape index (κ3) is 8.65. The summed E-state index contributed by atoms with van der Waals surface area (Å²) in [6.45, 7) is 0.976. The van der Waals surface area contributed by atoms with Gasteiger partial charge in [-0.05, 0) is 61.1 Å². The molecule has 0 bridgehead atoms. The van der Waals surface area contributed by atoms with Crippen molar-refractivity contribution in [2.24, 2.45) is 0 Å². The van der Waals surface area contributed by atoms with Gasteiger partial charge in [0.1, 0.15) is 12.0 Å². The highest BCUT2D eigenvalue weighted by Gasteiger charge is 1.96. The molecule has 0 aliphatic heterocycles. The van der Waals surface area contributed by atoms with Crippen LogP contribution in [0.5, 0.6) is 5.75 Å². The highest BCUT2D eigenvalue weighted by molar-refractivity contribution is 5.74. The summed E-state index contributed by atoms with van der Waals surface area (Å²) < 4.78 is 5.61. The van der Waals surface area contributed by atoms with Gasteiger partial charge < -0.3 is 9.84 Å². The van der Waals surface area contributed by atoms with Crippen molar-refractivity contribution in [1.82, 2.24) is 0 Å². The number of carbonyl (C=O) groups is 1. The molecule has 0 aromatic heterocycles. The summed E-state index contributed by atoms with van der Waals surface area (Å²) >= 11 is 0. The Hall–Kier alpha value is -2.91. The minimum atomic E-state index is 0.287. The summed E-state index contributed by atoms with van der Waals surface area (Å²) in [6, 6.07) is 27.7. The number of ether oxygens (including phenoxy) is 1. The molecule has 0 saturated carbocycles. The van der Waals surface area contributed by atoms with E-state index < -0.39 is 0 Å². The lowest BCUT2D eigenvalue weighted by molar-refractivity contribution is 0.112. The zero-order valence-electron chi connectivity index (χ0n) is 16.2. The van der Waals surface area contributed by atoms with Crippen molar-refractivity contribution in [3.63, 3.8) is 0 Å². The fraction of sp³-hybridized carbons (Fsp3) is 0.240. The highest BCUT2D eigenvalue weighted by Crippen LogP contribution is 2.12. The number of aliphatic hydroxyl groups is 1. The van der Waals surface area contributed by atoms with Crippen LogP contribution >= 0.6 is 0 Å². The number of hydrogen-bond donors (Lipinski definition) is 1. The molecule has 0 atom stereocenters. The van der Waals surface area contributed by atoms with E-state index in [-0.39, 0.29) is 6.61 Å². The van der Waals surface area contributed by atoms with Gasteiger partial charge >= 0.3 is 0 Å². The second-order valence-corrected chi connectivity index (χ2v) is 6.44. The molecule has 0 spiro atoms. The molecule has 3 nitrogen and oxygen atoms in total. The van der Waals surface area contributed by atoms with E-state index in [2.05, 4.69) is 24.3 Å². The third-order valence-corrected chi connectivity index (χ3v) is 4.20. The van der Waals surface area contributed by atoms with Crippen molar-refractivity contribution >= 4 is 6.29 Å². The zero-order valence-corrected chi connectivity index (χ0v) is 16.2. The Balaban J connectivity index is 0.000000237. The van der Waals surface area contributed by atoms with Gasteiger partial charge in [-0.2, -0.15) is 0 Å². The molecule has 3 heteroatoms. The van der Waals surface area contributed by atoms with E-state index in [0.29, 0.717) is 12.2 Å². The SMILES string of the molecule is O=Cc1ccc(OCCCc2ccccc2)cc1.OCCCc1ccccc1. The first-order valence-electron chi connectivity index (χ1n) is 9.68. The maximum atomic E-state index is 10.5. The van der Waals surface area contributed by atoms with Gasteiger partial charge in [0, 0.05) is 12.2 Å². The smallest absolute Gasteiger partial charge is 0.150 e. The Morgan fingerprint density at radius 1 is 0.714 bits per heavy atom. The molecule has 0 heterocycles. The van der Waals surface area contributed by atoms with Crippen LogP contribution < -0.4 is 4.74 Å². The molecule has 0 aliphatic carbocycles. The van der Waals surface area contributed by atoms with Gasteiger partial charge in [0.2, 0.25) is 0 Å². The summed E-state index contributed by atoms with van der Waals surface area (Å²) in [5.41, 5.74) is 3.31. The van der Waals surface area contributed by atoms with E-state index in [9.17, 15) is 4.79 Å². The maximum absolute atomic E-state index is 10.5. The monoisotopic (exact) mass is 376 g/mol. The molecular formula is C25H28O3. The highest BCUT2D eigenvalue weighted by atomic mass is 16.5. The zero-order chi connectivity index (χ0) is 19.9. The molecule has 0 saturated heterocycles. The number of aliphatic hydroxyl groups excluding tert-OH is 1. The first-order valence-corrected chi connectivity index (χ1v) is 9.68. The summed E-state index contributed by atoms with van der Waals surface area (Å²) in [7, 11) is 0. The normalized spacial score (nSPS) is 9.89. The van der Waals surface area contributed by atoms with Gasteiger partial charge in [0.05, 0.1) is 6.61 Å². The fourth-order valence-electron chi connectivity index (χ4n) is 2.68. The predicted octanol–water partition coefficient (Wildman–Crippen LogP) is 5.12. The Morgan fingerprint density at radius 3 is 1.75 bits per heavy atom. The Morgan fingerprint density at radius 2 is 1.25 bits per heavy atom. The van der Waals surface area contributed by atoms with Crippen molar-refractivity contribution in [2.45, 2.75) is 25.7 Å². The number of hydrogen-bond acceptors (Lipinski definition) is 3. The summed E-state index contributed by atoms with van der Waals surface area (Å²) in [6.07, 6.45) is 4.69. The van der Waals surface area contributed by atoms with Crippen LogP contribution in [0, 0.1) is 0 Å². The second-order valence-electron chi connectivity index (χ2n) is 6.44. The lowest BCUT2D eigenvalue weighted by atomic mass is 10.1. The summed E-state index contributed by atoms with van der Waals surface area (Å²) in [4.78, 5) is 10.5. The topological polar surface area (TPSA) is 46.5 Å². The van der Waals surface area contributed by atoms with Crippen LogP contribution in [0.3, 0.4) is 0 Å².